The number of carbonyl (C=O) groups is 1. The van der Waals surface area contributed by atoms with Crippen LogP contribution in [0.5, 0.6) is 0 Å². The van der Waals surface area contributed by atoms with Crippen LogP contribution >= 0.6 is 0 Å². The molecule has 0 aliphatic carbocycles. The van der Waals surface area contributed by atoms with E-state index in [0.717, 1.165) is 6.07 Å². The molecule has 0 spiro atoms. The Hall–Kier alpha value is -2.03. The van der Waals surface area contributed by atoms with Gasteiger partial charge in [0, 0.05) is 13.2 Å². The van der Waals surface area contributed by atoms with E-state index in [1.54, 1.807) is 7.11 Å². The molecule has 0 atom stereocenters. The Labute approximate surface area is 121 Å². The molecule has 0 fully saturated rings. The number of hydrogen-bond acceptors (Lipinski definition) is 6. The van der Waals surface area contributed by atoms with E-state index in [2.05, 4.69) is 0 Å². The quantitative estimate of drug-likeness (QED) is 0.396. The smallest absolute Gasteiger partial charge is 0.343 e. The number of hydrogen-bond donors (Lipinski definition) is 1. The zero-order chi connectivity index (χ0) is 15.7. The molecule has 1 aromatic carbocycles. The molecule has 0 aliphatic rings. The molecule has 0 aromatic heterocycles. The summed E-state index contributed by atoms with van der Waals surface area (Å²) in [5.41, 5.74) is -0.531. The van der Waals surface area contributed by atoms with Gasteiger partial charge in [-0.1, -0.05) is 12.1 Å². The maximum absolute atomic E-state index is 11.2. The molecule has 1 aromatic rings. The number of nitrogens with zero attached hydrogens (tertiary/aromatic N) is 1. The summed E-state index contributed by atoms with van der Waals surface area (Å²) >= 11 is 0. The predicted molar refractivity (Wildman–Crippen MR) is 72.4 cm³/mol. The minimum atomic E-state index is -1.35. The van der Waals surface area contributed by atoms with Crippen LogP contribution in [0.4, 0.5) is 5.69 Å². The topological polar surface area (TPSA) is 108 Å². The van der Waals surface area contributed by atoms with Crippen LogP contribution < -0.4 is 0 Å². The first kappa shape index (κ1) is 17.0. The first-order valence-corrected chi connectivity index (χ1v) is 6.22. The van der Waals surface area contributed by atoms with Gasteiger partial charge < -0.3 is 19.3 Å². The lowest BCUT2D eigenvalue weighted by Gasteiger charge is -2.08. The highest BCUT2D eigenvalue weighted by molar-refractivity contribution is 5.94. The molecule has 116 valence electrons. The van der Waals surface area contributed by atoms with E-state index in [1.807, 2.05) is 0 Å². The summed E-state index contributed by atoms with van der Waals surface area (Å²) in [7, 11) is 1.57. The molecule has 0 heterocycles. The van der Waals surface area contributed by atoms with Gasteiger partial charge in [0.25, 0.3) is 5.69 Å². The van der Waals surface area contributed by atoms with Gasteiger partial charge in [0.15, 0.2) is 0 Å². The van der Waals surface area contributed by atoms with Gasteiger partial charge in [-0.2, -0.15) is 0 Å². The molecule has 8 heteroatoms. The number of nitro benzene ring substituents is 1. The molecule has 8 nitrogen and oxygen atoms in total. The highest BCUT2D eigenvalue weighted by atomic mass is 16.6. The molecule has 0 saturated heterocycles. The van der Waals surface area contributed by atoms with Gasteiger partial charge >= 0.3 is 5.97 Å². The van der Waals surface area contributed by atoms with Crippen molar-refractivity contribution in [2.24, 2.45) is 0 Å². The molecule has 0 radical (unpaired) electrons. The summed E-state index contributed by atoms with van der Waals surface area (Å²) in [5, 5.41) is 19.9. The fourth-order valence-corrected chi connectivity index (χ4v) is 1.65. The van der Waals surface area contributed by atoms with Crippen LogP contribution in [0.15, 0.2) is 18.2 Å². The molecule has 1 N–H and O–H groups in total. The SMILES string of the molecule is COCCOCCOCc1cccc([N+](=O)[O-])c1C(=O)O. The monoisotopic (exact) mass is 299 g/mol. The number of benzene rings is 1. The minimum absolute atomic E-state index is 0.0308. The van der Waals surface area contributed by atoms with E-state index in [0.29, 0.717) is 19.8 Å². The van der Waals surface area contributed by atoms with Crippen LogP contribution in [0.25, 0.3) is 0 Å². The van der Waals surface area contributed by atoms with Gasteiger partial charge in [-0.25, -0.2) is 4.79 Å². The van der Waals surface area contributed by atoms with E-state index >= 15 is 0 Å². The van der Waals surface area contributed by atoms with Crippen molar-refractivity contribution in [2.75, 3.05) is 33.5 Å². The summed E-state index contributed by atoms with van der Waals surface area (Å²) in [6, 6.07) is 4.07. The van der Waals surface area contributed by atoms with E-state index in [9.17, 15) is 14.9 Å². The zero-order valence-corrected chi connectivity index (χ0v) is 11.6. The van der Waals surface area contributed by atoms with Gasteiger partial charge in [-0.15, -0.1) is 0 Å². The van der Waals surface area contributed by atoms with Crippen molar-refractivity contribution in [3.05, 3.63) is 39.4 Å². The van der Waals surface area contributed by atoms with Crippen LogP contribution in [-0.2, 0) is 20.8 Å². The Bertz CT molecular complexity index is 489. The third kappa shape index (κ3) is 5.46. The van der Waals surface area contributed by atoms with Gasteiger partial charge in [0.05, 0.1) is 38.0 Å². The number of nitro groups is 1. The Morgan fingerprint density at radius 3 is 2.52 bits per heavy atom. The highest BCUT2D eigenvalue weighted by Crippen LogP contribution is 2.22. The predicted octanol–water partition coefficient (Wildman–Crippen LogP) is 1.47. The second-order valence-corrected chi connectivity index (χ2v) is 4.03. The maximum Gasteiger partial charge on any atom is 0.343 e. The van der Waals surface area contributed by atoms with E-state index in [4.69, 9.17) is 19.3 Å². The summed E-state index contributed by atoms with van der Waals surface area (Å²) in [5.74, 6) is -1.35. The van der Waals surface area contributed by atoms with Crippen molar-refractivity contribution >= 4 is 11.7 Å². The van der Waals surface area contributed by atoms with Crippen molar-refractivity contribution in [3.63, 3.8) is 0 Å². The Balaban J connectivity index is 2.57. The van der Waals surface area contributed by atoms with Gasteiger partial charge in [-0.3, -0.25) is 10.1 Å². The third-order valence-corrected chi connectivity index (χ3v) is 2.60. The molecule has 0 unspecified atom stereocenters. The molecule has 0 bridgehead atoms. The number of ether oxygens (including phenoxy) is 3. The number of carboxylic acids is 1. The number of methoxy groups -OCH3 is 1. The second-order valence-electron chi connectivity index (χ2n) is 4.03. The van der Waals surface area contributed by atoms with Crippen molar-refractivity contribution in [3.8, 4) is 0 Å². The van der Waals surface area contributed by atoms with Crippen molar-refractivity contribution < 1.29 is 29.0 Å². The summed E-state index contributed by atoms with van der Waals surface area (Å²) < 4.78 is 15.3. The van der Waals surface area contributed by atoms with Crippen LogP contribution in [0.2, 0.25) is 0 Å². The van der Waals surface area contributed by atoms with E-state index in [-0.39, 0.29) is 24.3 Å². The molecule has 1 rings (SSSR count). The molecule has 0 amide bonds. The number of carboxylic acid groups (broad SMARTS) is 1. The minimum Gasteiger partial charge on any atom is -0.477 e. The van der Waals surface area contributed by atoms with Gasteiger partial charge in [0.2, 0.25) is 0 Å². The Kier molecular flexibility index (Phi) is 7.30. The largest absolute Gasteiger partial charge is 0.477 e. The average Bonchev–Trinajstić information content (AvgIpc) is 2.45. The number of rotatable bonds is 10. The second kappa shape index (κ2) is 9.01. The lowest BCUT2D eigenvalue weighted by Crippen LogP contribution is -2.11. The summed E-state index contributed by atoms with van der Waals surface area (Å²) in [4.78, 5) is 21.3. The average molecular weight is 299 g/mol. The fraction of sp³-hybridized carbons (Fsp3) is 0.462. The first-order valence-electron chi connectivity index (χ1n) is 6.22. The van der Waals surface area contributed by atoms with Gasteiger partial charge in [-0.05, 0) is 5.56 Å². The Morgan fingerprint density at radius 1 is 1.24 bits per heavy atom. The summed E-state index contributed by atoms with van der Waals surface area (Å²) in [6.45, 7) is 1.48. The number of aromatic carboxylic acids is 1. The van der Waals surface area contributed by atoms with Crippen molar-refractivity contribution in [1.29, 1.82) is 0 Å². The lowest BCUT2D eigenvalue weighted by molar-refractivity contribution is -0.385. The standard InChI is InChI=1S/C13H17NO7/c1-19-5-6-20-7-8-21-9-10-3-2-4-11(14(17)18)12(10)13(15)16/h2-4H,5-9H2,1H3,(H,15,16). The van der Waals surface area contributed by atoms with Crippen LogP contribution in [0.1, 0.15) is 15.9 Å². The van der Waals surface area contributed by atoms with Crippen molar-refractivity contribution in [2.45, 2.75) is 6.61 Å². The van der Waals surface area contributed by atoms with Crippen molar-refractivity contribution in [1.82, 2.24) is 0 Å². The van der Waals surface area contributed by atoms with E-state index < -0.39 is 16.6 Å². The third-order valence-electron chi connectivity index (χ3n) is 2.60. The molecule has 0 saturated carbocycles. The summed E-state index contributed by atoms with van der Waals surface area (Å²) in [6.07, 6.45) is 0. The van der Waals surface area contributed by atoms with Gasteiger partial charge in [0.1, 0.15) is 5.56 Å². The van der Waals surface area contributed by atoms with Crippen LogP contribution in [-0.4, -0.2) is 49.5 Å². The maximum atomic E-state index is 11.2. The zero-order valence-electron chi connectivity index (χ0n) is 11.6. The van der Waals surface area contributed by atoms with Crippen LogP contribution in [0.3, 0.4) is 0 Å². The first-order chi connectivity index (χ1) is 10.1. The normalized spacial score (nSPS) is 10.5. The molecule has 0 aliphatic heterocycles. The fourth-order valence-electron chi connectivity index (χ4n) is 1.65. The Morgan fingerprint density at radius 2 is 1.90 bits per heavy atom. The highest BCUT2D eigenvalue weighted by Gasteiger charge is 2.23. The van der Waals surface area contributed by atoms with Crippen LogP contribution in [0, 0.1) is 10.1 Å². The molecule has 21 heavy (non-hydrogen) atoms. The lowest BCUT2D eigenvalue weighted by atomic mass is 10.1. The molecular formula is C13H17NO7. The van der Waals surface area contributed by atoms with E-state index in [1.165, 1.54) is 12.1 Å². The molecular weight excluding hydrogens is 282 g/mol.